The highest BCUT2D eigenvalue weighted by atomic mass is 16.5. The Morgan fingerprint density at radius 1 is 1.38 bits per heavy atom. The molecule has 0 amide bonds. The van der Waals surface area contributed by atoms with E-state index in [1.807, 2.05) is 31.2 Å². The largest absolute Gasteiger partial charge is 0.334 e. The average Bonchev–Trinajstić information content (AvgIpc) is 2.96. The number of benzene rings is 1. The first kappa shape index (κ1) is 13.9. The van der Waals surface area contributed by atoms with Gasteiger partial charge in [-0.15, -0.1) is 0 Å². The second-order valence-corrected chi connectivity index (χ2v) is 5.66. The van der Waals surface area contributed by atoms with Crippen LogP contribution in [0.5, 0.6) is 0 Å². The minimum absolute atomic E-state index is 0.141. The molecule has 3 rings (SSSR count). The molecule has 1 aromatic carbocycles. The van der Waals surface area contributed by atoms with Crippen molar-refractivity contribution in [3.8, 4) is 11.5 Å². The van der Waals surface area contributed by atoms with Crippen LogP contribution in [0.1, 0.15) is 24.2 Å². The van der Waals surface area contributed by atoms with Crippen LogP contribution < -0.4 is 0 Å². The molecule has 0 saturated carbocycles. The molecule has 2 aromatic rings. The molecule has 1 aromatic heterocycles. The number of hydrogen-bond acceptors (Lipinski definition) is 5. The number of aldehydes is 1. The Morgan fingerprint density at radius 2 is 2.19 bits per heavy atom. The summed E-state index contributed by atoms with van der Waals surface area (Å²) in [6.45, 7) is 4.46. The summed E-state index contributed by atoms with van der Waals surface area (Å²) in [5, 5.41) is 4.04. The maximum Gasteiger partial charge on any atom is 0.257 e. The fourth-order valence-corrected chi connectivity index (χ4v) is 2.68. The normalized spacial score (nSPS) is 19.6. The summed E-state index contributed by atoms with van der Waals surface area (Å²) in [5.41, 5.74) is 2.13. The Kier molecular flexibility index (Phi) is 4.10. The van der Waals surface area contributed by atoms with Gasteiger partial charge in [-0.2, -0.15) is 4.98 Å². The summed E-state index contributed by atoms with van der Waals surface area (Å²) < 4.78 is 5.33. The van der Waals surface area contributed by atoms with E-state index in [2.05, 4.69) is 15.0 Å². The number of aromatic nitrogens is 2. The van der Waals surface area contributed by atoms with Crippen molar-refractivity contribution in [1.29, 1.82) is 0 Å². The maximum atomic E-state index is 10.9. The van der Waals surface area contributed by atoms with Gasteiger partial charge in [0.15, 0.2) is 5.82 Å². The third kappa shape index (κ3) is 3.36. The van der Waals surface area contributed by atoms with Gasteiger partial charge in [0.2, 0.25) is 0 Å². The van der Waals surface area contributed by atoms with Gasteiger partial charge < -0.3 is 9.32 Å². The first-order chi connectivity index (χ1) is 10.2. The Labute approximate surface area is 124 Å². The van der Waals surface area contributed by atoms with E-state index in [0.717, 1.165) is 37.8 Å². The molecule has 1 fully saturated rings. The van der Waals surface area contributed by atoms with Gasteiger partial charge in [0, 0.05) is 18.0 Å². The highest BCUT2D eigenvalue weighted by Crippen LogP contribution is 2.20. The molecule has 0 spiro atoms. The third-order valence-corrected chi connectivity index (χ3v) is 3.87. The van der Waals surface area contributed by atoms with Gasteiger partial charge in [0.25, 0.3) is 5.89 Å². The van der Waals surface area contributed by atoms with E-state index in [9.17, 15) is 4.79 Å². The van der Waals surface area contributed by atoms with Gasteiger partial charge in [0.05, 0.1) is 6.54 Å². The number of carbonyl (C=O) groups excluding carboxylic acids is 1. The molecule has 1 saturated heterocycles. The van der Waals surface area contributed by atoms with Gasteiger partial charge in [0.1, 0.15) is 6.29 Å². The number of likely N-dealkylation sites (tertiary alicyclic amines) is 1. The molecule has 1 unspecified atom stereocenters. The predicted octanol–water partition coefficient (Wildman–Crippen LogP) is 2.46. The number of hydrogen-bond donors (Lipinski definition) is 0. The van der Waals surface area contributed by atoms with Crippen molar-refractivity contribution >= 4 is 6.29 Å². The van der Waals surface area contributed by atoms with Crippen molar-refractivity contribution in [2.45, 2.75) is 26.3 Å². The molecule has 0 aliphatic carbocycles. The molecule has 21 heavy (non-hydrogen) atoms. The minimum Gasteiger partial charge on any atom is -0.334 e. The van der Waals surface area contributed by atoms with E-state index < -0.39 is 0 Å². The van der Waals surface area contributed by atoms with Crippen LogP contribution in [0.2, 0.25) is 0 Å². The van der Waals surface area contributed by atoms with Gasteiger partial charge in [-0.25, -0.2) is 0 Å². The minimum atomic E-state index is 0.141. The summed E-state index contributed by atoms with van der Waals surface area (Å²) in [5.74, 6) is 1.37. The standard InChI is InChI=1S/C16H19N3O2/c1-12-4-6-14(7-5-12)16-17-15(18-21-16)10-19-8-2-3-13(9-19)11-20/h4-7,11,13H,2-3,8-10H2,1H3. The lowest BCUT2D eigenvalue weighted by atomic mass is 10.00. The molecular formula is C16H19N3O2. The predicted molar refractivity (Wildman–Crippen MR) is 78.5 cm³/mol. The summed E-state index contributed by atoms with van der Waals surface area (Å²) in [6.07, 6.45) is 3.09. The Hall–Kier alpha value is -2.01. The van der Waals surface area contributed by atoms with Crippen molar-refractivity contribution in [1.82, 2.24) is 15.0 Å². The summed E-state index contributed by atoms with van der Waals surface area (Å²) >= 11 is 0. The fraction of sp³-hybridized carbons (Fsp3) is 0.438. The van der Waals surface area contributed by atoms with Crippen LogP contribution in [0.3, 0.4) is 0 Å². The van der Waals surface area contributed by atoms with Crippen LogP contribution in [-0.4, -0.2) is 34.4 Å². The number of aryl methyl sites for hydroxylation is 1. The zero-order valence-electron chi connectivity index (χ0n) is 12.2. The molecule has 110 valence electrons. The Balaban J connectivity index is 1.67. The quantitative estimate of drug-likeness (QED) is 0.808. The molecule has 5 heteroatoms. The zero-order valence-corrected chi connectivity index (χ0v) is 12.2. The Bertz CT molecular complexity index is 606. The van der Waals surface area contributed by atoms with Gasteiger partial charge >= 0.3 is 0 Å². The highest BCUT2D eigenvalue weighted by Gasteiger charge is 2.21. The molecule has 1 aliphatic rings. The van der Waals surface area contributed by atoms with Crippen molar-refractivity contribution in [2.24, 2.45) is 5.92 Å². The van der Waals surface area contributed by atoms with E-state index in [1.54, 1.807) is 0 Å². The number of nitrogens with zero attached hydrogens (tertiary/aromatic N) is 3. The van der Waals surface area contributed by atoms with Crippen LogP contribution in [0.4, 0.5) is 0 Å². The monoisotopic (exact) mass is 285 g/mol. The Morgan fingerprint density at radius 3 is 2.95 bits per heavy atom. The van der Waals surface area contributed by atoms with E-state index in [1.165, 1.54) is 5.56 Å². The van der Waals surface area contributed by atoms with Crippen LogP contribution in [0.15, 0.2) is 28.8 Å². The lowest BCUT2D eigenvalue weighted by Crippen LogP contribution is -2.35. The highest BCUT2D eigenvalue weighted by molar-refractivity contribution is 5.54. The molecule has 1 aliphatic heterocycles. The smallest absolute Gasteiger partial charge is 0.257 e. The molecular weight excluding hydrogens is 266 g/mol. The van der Waals surface area contributed by atoms with Crippen LogP contribution in [-0.2, 0) is 11.3 Å². The summed E-state index contributed by atoms with van der Waals surface area (Å²) in [4.78, 5) is 17.6. The van der Waals surface area contributed by atoms with E-state index in [4.69, 9.17) is 4.52 Å². The molecule has 0 N–H and O–H groups in total. The van der Waals surface area contributed by atoms with E-state index >= 15 is 0 Å². The zero-order chi connectivity index (χ0) is 14.7. The summed E-state index contributed by atoms with van der Waals surface area (Å²) in [6, 6.07) is 8.02. The first-order valence-electron chi connectivity index (χ1n) is 7.32. The molecule has 0 bridgehead atoms. The van der Waals surface area contributed by atoms with E-state index in [-0.39, 0.29) is 5.92 Å². The van der Waals surface area contributed by atoms with Crippen molar-refractivity contribution < 1.29 is 9.32 Å². The van der Waals surface area contributed by atoms with Crippen LogP contribution in [0.25, 0.3) is 11.5 Å². The fourth-order valence-electron chi connectivity index (χ4n) is 2.68. The molecule has 2 heterocycles. The van der Waals surface area contributed by atoms with Crippen molar-refractivity contribution in [3.63, 3.8) is 0 Å². The average molecular weight is 285 g/mol. The number of rotatable bonds is 4. The topological polar surface area (TPSA) is 59.2 Å². The second-order valence-electron chi connectivity index (χ2n) is 5.66. The second kappa shape index (κ2) is 6.18. The van der Waals surface area contributed by atoms with Crippen LogP contribution >= 0.6 is 0 Å². The van der Waals surface area contributed by atoms with Crippen LogP contribution in [0, 0.1) is 12.8 Å². The van der Waals surface area contributed by atoms with Gasteiger partial charge in [-0.1, -0.05) is 22.9 Å². The van der Waals surface area contributed by atoms with E-state index in [0.29, 0.717) is 18.3 Å². The first-order valence-corrected chi connectivity index (χ1v) is 7.32. The lowest BCUT2D eigenvalue weighted by Gasteiger charge is -2.28. The molecule has 5 nitrogen and oxygen atoms in total. The van der Waals surface area contributed by atoms with Crippen molar-refractivity contribution in [2.75, 3.05) is 13.1 Å². The maximum absolute atomic E-state index is 10.9. The SMILES string of the molecule is Cc1ccc(-c2nc(CN3CCCC(C=O)C3)no2)cc1. The van der Waals surface area contributed by atoms with Gasteiger partial charge in [-0.05, 0) is 38.4 Å². The number of carbonyl (C=O) groups is 1. The summed E-state index contributed by atoms with van der Waals surface area (Å²) in [7, 11) is 0. The van der Waals surface area contributed by atoms with Gasteiger partial charge in [-0.3, -0.25) is 4.90 Å². The lowest BCUT2D eigenvalue weighted by molar-refractivity contribution is -0.112. The van der Waals surface area contributed by atoms with Crippen molar-refractivity contribution in [3.05, 3.63) is 35.7 Å². The number of piperidine rings is 1. The third-order valence-electron chi connectivity index (χ3n) is 3.87. The molecule has 1 atom stereocenters. The molecule has 0 radical (unpaired) electrons.